The predicted molar refractivity (Wildman–Crippen MR) is 181 cm³/mol. The van der Waals surface area contributed by atoms with E-state index in [-0.39, 0.29) is 0 Å². The minimum Gasteiger partial charge on any atom is -0.493 e. The van der Waals surface area contributed by atoms with Gasteiger partial charge in [-0.2, -0.15) is 0 Å². The van der Waals surface area contributed by atoms with Gasteiger partial charge in [0.2, 0.25) is 0 Å². The quantitative estimate of drug-likeness (QED) is 0.127. The van der Waals surface area contributed by atoms with Crippen LogP contribution in [0.4, 0.5) is 0 Å². The lowest BCUT2D eigenvalue weighted by molar-refractivity contribution is 0.271. The Morgan fingerprint density at radius 3 is 1.18 bits per heavy atom. The van der Waals surface area contributed by atoms with E-state index in [9.17, 15) is 0 Å². The highest BCUT2D eigenvalue weighted by atomic mass is 16.5. The Labute approximate surface area is 259 Å². The summed E-state index contributed by atoms with van der Waals surface area (Å²) >= 11 is 0. The third-order valence-electron chi connectivity index (χ3n) is 8.01. The molecule has 6 rings (SSSR count). The van der Waals surface area contributed by atoms with Gasteiger partial charge in [-0.05, 0) is 106 Å². The molecule has 0 atom stereocenters. The van der Waals surface area contributed by atoms with Gasteiger partial charge >= 0.3 is 0 Å². The molecule has 6 aromatic rings. The average Bonchev–Trinajstić information content (AvgIpc) is 3.08. The highest BCUT2D eigenvalue weighted by molar-refractivity contribution is 5.91. The monoisotopic (exact) mass is 582 g/mol. The van der Waals surface area contributed by atoms with E-state index in [1.807, 2.05) is 12.1 Å². The number of hydrogen-bond acceptors (Lipinski definition) is 4. The second kappa shape index (κ2) is 14.0. The maximum absolute atomic E-state index is 6.20. The molecular formula is C40H38O4. The molecule has 0 bridgehead atoms. The van der Waals surface area contributed by atoms with Crippen molar-refractivity contribution >= 4 is 21.5 Å². The summed E-state index contributed by atoms with van der Waals surface area (Å²) in [7, 11) is 3.39. The minimum atomic E-state index is 0.642. The number of fused-ring (bicyclic) bond motifs is 2. The highest BCUT2D eigenvalue weighted by Gasteiger charge is 2.10. The Morgan fingerprint density at radius 1 is 0.364 bits per heavy atom. The molecule has 6 aromatic carbocycles. The zero-order valence-corrected chi connectivity index (χ0v) is 25.4. The van der Waals surface area contributed by atoms with E-state index in [2.05, 4.69) is 109 Å². The third kappa shape index (κ3) is 6.81. The summed E-state index contributed by atoms with van der Waals surface area (Å²) in [5.74, 6) is 3.09. The fourth-order valence-electron chi connectivity index (χ4n) is 5.60. The first-order valence-electron chi connectivity index (χ1n) is 15.3. The molecule has 0 radical (unpaired) electrons. The fourth-order valence-corrected chi connectivity index (χ4v) is 5.60. The second-order valence-corrected chi connectivity index (χ2v) is 11.0. The van der Waals surface area contributed by atoms with Gasteiger partial charge in [0.15, 0.2) is 23.0 Å². The molecule has 0 aliphatic rings. The standard InChI is InChI=1S/C40H38O4/c1-41-37-25-33-19-17-31(29-13-7-5-8-14-29)23-35(33)27-39(37)43-21-11-3-4-12-22-44-40-28-36-24-32(30-15-9-6-10-16-30)18-20-34(36)26-38(40)42-2/h5-10,13-20,23-28H,3-4,11-12,21-22H2,1-2H3. The van der Waals surface area contributed by atoms with Crippen LogP contribution in [0.2, 0.25) is 0 Å². The zero-order chi connectivity index (χ0) is 30.1. The molecule has 4 nitrogen and oxygen atoms in total. The number of ether oxygens (including phenoxy) is 4. The molecule has 0 saturated carbocycles. The van der Waals surface area contributed by atoms with Gasteiger partial charge in [0.25, 0.3) is 0 Å². The number of benzene rings is 6. The Bertz CT molecular complexity index is 1690. The van der Waals surface area contributed by atoms with Gasteiger partial charge in [-0.15, -0.1) is 0 Å². The van der Waals surface area contributed by atoms with Crippen molar-refractivity contribution in [1.82, 2.24) is 0 Å². The average molecular weight is 583 g/mol. The zero-order valence-electron chi connectivity index (χ0n) is 25.4. The summed E-state index contributed by atoms with van der Waals surface area (Å²) in [6.45, 7) is 1.28. The smallest absolute Gasteiger partial charge is 0.161 e. The van der Waals surface area contributed by atoms with Gasteiger partial charge in [-0.1, -0.05) is 84.9 Å². The van der Waals surface area contributed by atoms with Crippen molar-refractivity contribution in [2.45, 2.75) is 25.7 Å². The van der Waals surface area contributed by atoms with Crippen LogP contribution in [0.3, 0.4) is 0 Å². The maximum atomic E-state index is 6.20. The molecule has 0 spiro atoms. The van der Waals surface area contributed by atoms with Crippen LogP contribution < -0.4 is 18.9 Å². The molecule has 0 heterocycles. The summed E-state index contributed by atoms with van der Waals surface area (Å²) in [6, 6.07) is 42.2. The summed E-state index contributed by atoms with van der Waals surface area (Å²) in [4.78, 5) is 0. The summed E-state index contributed by atoms with van der Waals surface area (Å²) in [5.41, 5.74) is 4.78. The largest absolute Gasteiger partial charge is 0.493 e. The Balaban J connectivity index is 1.00. The van der Waals surface area contributed by atoms with Crippen LogP contribution in [0, 0.1) is 0 Å². The lowest BCUT2D eigenvalue weighted by Crippen LogP contribution is -2.02. The second-order valence-electron chi connectivity index (χ2n) is 11.0. The van der Waals surface area contributed by atoms with E-state index >= 15 is 0 Å². The molecule has 0 aliphatic carbocycles. The van der Waals surface area contributed by atoms with Gasteiger partial charge in [-0.25, -0.2) is 0 Å². The van der Waals surface area contributed by atoms with Gasteiger partial charge in [0.1, 0.15) is 0 Å². The van der Waals surface area contributed by atoms with Gasteiger partial charge in [-0.3, -0.25) is 0 Å². The highest BCUT2D eigenvalue weighted by Crippen LogP contribution is 2.36. The van der Waals surface area contributed by atoms with E-state index < -0.39 is 0 Å². The Morgan fingerprint density at radius 2 is 0.773 bits per heavy atom. The molecule has 0 amide bonds. The molecular weight excluding hydrogens is 544 g/mol. The Hall–Kier alpha value is -4.96. The molecule has 222 valence electrons. The molecule has 0 saturated heterocycles. The van der Waals surface area contributed by atoms with E-state index in [0.29, 0.717) is 13.2 Å². The van der Waals surface area contributed by atoms with Crippen molar-refractivity contribution in [2.24, 2.45) is 0 Å². The van der Waals surface area contributed by atoms with Crippen LogP contribution in [0.15, 0.2) is 121 Å². The number of methoxy groups -OCH3 is 2. The molecule has 0 N–H and O–H groups in total. The summed E-state index contributed by atoms with van der Waals surface area (Å²) < 4.78 is 23.7. The number of hydrogen-bond donors (Lipinski definition) is 0. The van der Waals surface area contributed by atoms with Crippen LogP contribution in [-0.4, -0.2) is 27.4 Å². The van der Waals surface area contributed by atoms with Crippen LogP contribution in [0.25, 0.3) is 43.8 Å². The first-order chi connectivity index (χ1) is 21.7. The first-order valence-corrected chi connectivity index (χ1v) is 15.3. The molecule has 4 heteroatoms. The number of unbranched alkanes of at least 4 members (excludes halogenated alkanes) is 3. The SMILES string of the molecule is COc1cc2ccc(-c3ccccc3)cc2cc1OCCCCCCOc1cc2cc(-c3ccccc3)ccc2cc1OC. The van der Waals surface area contributed by atoms with Gasteiger partial charge < -0.3 is 18.9 Å². The van der Waals surface area contributed by atoms with E-state index in [1.165, 1.54) is 22.3 Å². The van der Waals surface area contributed by atoms with Crippen molar-refractivity contribution in [3.8, 4) is 45.3 Å². The van der Waals surface area contributed by atoms with Gasteiger partial charge in [0, 0.05) is 0 Å². The number of rotatable bonds is 13. The van der Waals surface area contributed by atoms with Crippen LogP contribution in [0.1, 0.15) is 25.7 Å². The van der Waals surface area contributed by atoms with Crippen LogP contribution in [-0.2, 0) is 0 Å². The molecule has 44 heavy (non-hydrogen) atoms. The topological polar surface area (TPSA) is 36.9 Å². The summed E-state index contributed by atoms with van der Waals surface area (Å²) in [6.07, 6.45) is 4.05. The fraction of sp³-hybridized carbons (Fsp3) is 0.200. The molecule has 0 aromatic heterocycles. The summed E-state index contributed by atoms with van der Waals surface area (Å²) in [5, 5.41) is 4.54. The van der Waals surface area contributed by atoms with E-state index in [0.717, 1.165) is 70.2 Å². The Kier molecular flexibility index (Phi) is 9.27. The van der Waals surface area contributed by atoms with Crippen LogP contribution >= 0.6 is 0 Å². The van der Waals surface area contributed by atoms with Crippen molar-refractivity contribution in [3.63, 3.8) is 0 Å². The molecule has 0 fully saturated rings. The van der Waals surface area contributed by atoms with Crippen molar-refractivity contribution < 1.29 is 18.9 Å². The maximum Gasteiger partial charge on any atom is 0.161 e. The lowest BCUT2D eigenvalue weighted by Gasteiger charge is -2.14. The van der Waals surface area contributed by atoms with Crippen molar-refractivity contribution in [3.05, 3.63) is 121 Å². The van der Waals surface area contributed by atoms with E-state index in [4.69, 9.17) is 18.9 Å². The van der Waals surface area contributed by atoms with E-state index in [1.54, 1.807) is 14.2 Å². The normalized spacial score (nSPS) is 11.0. The minimum absolute atomic E-state index is 0.642. The predicted octanol–water partition coefficient (Wildman–Crippen LogP) is 10.4. The molecule has 0 unspecified atom stereocenters. The first kappa shape index (κ1) is 29.1. The van der Waals surface area contributed by atoms with Crippen molar-refractivity contribution in [1.29, 1.82) is 0 Å². The molecule has 0 aliphatic heterocycles. The van der Waals surface area contributed by atoms with Gasteiger partial charge in [0.05, 0.1) is 27.4 Å². The van der Waals surface area contributed by atoms with Crippen molar-refractivity contribution in [2.75, 3.05) is 27.4 Å². The van der Waals surface area contributed by atoms with Crippen LogP contribution in [0.5, 0.6) is 23.0 Å². The lowest BCUT2D eigenvalue weighted by atomic mass is 10.0. The third-order valence-corrected chi connectivity index (χ3v) is 8.01.